The largest absolute Gasteiger partial charge is 0.481 e. The second-order valence-electron chi connectivity index (χ2n) is 6.35. The van der Waals surface area contributed by atoms with E-state index >= 15 is 0 Å². The molecule has 1 aromatic rings. The Bertz CT molecular complexity index is 664. The number of hydrogen-bond acceptors (Lipinski definition) is 5. The molecule has 0 spiro atoms. The topological polar surface area (TPSA) is 104 Å². The zero-order valence-corrected chi connectivity index (χ0v) is 13.2. The highest BCUT2D eigenvalue weighted by atomic mass is 16.5. The summed E-state index contributed by atoms with van der Waals surface area (Å²) in [5.41, 5.74) is -0.236. The van der Waals surface area contributed by atoms with Crippen molar-refractivity contribution in [3.63, 3.8) is 0 Å². The molecule has 0 aliphatic carbocycles. The minimum atomic E-state index is -1.09. The average Bonchev–Trinajstić information content (AvgIpc) is 3.08. The third-order valence-corrected chi connectivity index (χ3v) is 5.03. The summed E-state index contributed by atoms with van der Waals surface area (Å²) in [6.07, 6.45) is 3.95. The van der Waals surface area contributed by atoms with E-state index in [9.17, 15) is 20.0 Å². The van der Waals surface area contributed by atoms with Crippen molar-refractivity contribution in [1.82, 2.24) is 9.88 Å². The van der Waals surface area contributed by atoms with Gasteiger partial charge in [-0.05, 0) is 30.5 Å². The molecule has 126 valence electrons. The first-order valence-corrected chi connectivity index (χ1v) is 7.98. The van der Waals surface area contributed by atoms with E-state index in [1.807, 2.05) is 0 Å². The number of hydrogen-bond donors (Lipinski definition) is 1. The lowest BCUT2D eigenvalue weighted by molar-refractivity contribution is -0.144. The maximum Gasteiger partial charge on any atom is 0.308 e. The van der Waals surface area contributed by atoms with Gasteiger partial charge in [0.1, 0.15) is 5.41 Å². The van der Waals surface area contributed by atoms with Crippen molar-refractivity contribution in [2.75, 3.05) is 26.3 Å². The van der Waals surface area contributed by atoms with Crippen LogP contribution in [0.5, 0.6) is 0 Å². The zero-order valence-electron chi connectivity index (χ0n) is 13.2. The van der Waals surface area contributed by atoms with Gasteiger partial charge in [-0.15, -0.1) is 0 Å². The predicted octanol–water partition coefficient (Wildman–Crippen LogP) is 1.03. The van der Waals surface area contributed by atoms with Crippen molar-refractivity contribution in [3.8, 4) is 6.07 Å². The van der Waals surface area contributed by atoms with Crippen LogP contribution in [0, 0.1) is 22.7 Å². The van der Waals surface area contributed by atoms with Crippen molar-refractivity contribution in [2.45, 2.75) is 18.8 Å². The van der Waals surface area contributed by atoms with E-state index < -0.39 is 17.3 Å². The fraction of sp³-hybridized carbons (Fsp3) is 0.529. The summed E-state index contributed by atoms with van der Waals surface area (Å²) >= 11 is 0. The number of amides is 1. The minimum absolute atomic E-state index is 0.130. The molecule has 1 N–H and O–H groups in total. The van der Waals surface area contributed by atoms with Gasteiger partial charge >= 0.3 is 5.97 Å². The maximum atomic E-state index is 12.9. The lowest BCUT2D eigenvalue weighted by Gasteiger charge is -2.33. The monoisotopic (exact) mass is 329 g/mol. The Hall–Kier alpha value is -2.46. The molecule has 7 heteroatoms. The summed E-state index contributed by atoms with van der Waals surface area (Å²) < 4.78 is 5.27. The number of carbonyl (C=O) groups is 2. The SMILES string of the molecule is N#CC1(C(=O)N2C[C@@H](C(=O)O)[C@H](c3ccncc3)C2)CCOCC1. The number of aromatic nitrogens is 1. The van der Waals surface area contributed by atoms with Gasteiger partial charge in [-0.3, -0.25) is 14.6 Å². The van der Waals surface area contributed by atoms with Crippen LogP contribution in [-0.4, -0.2) is 53.2 Å². The minimum Gasteiger partial charge on any atom is -0.481 e. The molecule has 2 atom stereocenters. The van der Waals surface area contributed by atoms with Gasteiger partial charge in [0.25, 0.3) is 0 Å². The van der Waals surface area contributed by atoms with Crippen LogP contribution >= 0.6 is 0 Å². The van der Waals surface area contributed by atoms with Crippen LogP contribution in [0.4, 0.5) is 0 Å². The number of rotatable bonds is 3. The lowest BCUT2D eigenvalue weighted by atomic mass is 9.80. The molecule has 1 aromatic heterocycles. The molecule has 2 saturated heterocycles. The van der Waals surface area contributed by atoms with Crippen molar-refractivity contribution < 1.29 is 19.4 Å². The van der Waals surface area contributed by atoms with Crippen LogP contribution in [0.2, 0.25) is 0 Å². The fourth-order valence-corrected chi connectivity index (χ4v) is 3.56. The van der Waals surface area contributed by atoms with Crippen molar-refractivity contribution in [1.29, 1.82) is 5.26 Å². The number of carboxylic acids is 1. The van der Waals surface area contributed by atoms with Crippen molar-refractivity contribution in [2.24, 2.45) is 11.3 Å². The fourth-order valence-electron chi connectivity index (χ4n) is 3.56. The van der Waals surface area contributed by atoms with Gasteiger partial charge in [0.05, 0.1) is 12.0 Å². The number of nitriles is 1. The molecular formula is C17H19N3O4. The molecule has 3 heterocycles. The number of aliphatic carboxylic acids is 1. The molecule has 24 heavy (non-hydrogen) atoms. The number of carbonyl (C=O) groups excluding carboxylic acids is 1. The van der Waals surface area contributed by atoms with Crippen LogP contribution in [0.25, 0.3) is 0 Å². The first kappa shape index (κ1) is 16.4. The Morgan fingerprint density at radius 3 is 2.54 bits per heavy atom. The van der Waals surface area contributed by atoms with Gasteiger partial charge in [0, 0.05) is 44.6 Å². The molecule has 0 bridgehead atoms. The molecule has 0 aromatic carbocycles. The summed E-state index contributed by atoms with van der Waals surface area (Å²) in [6.45, 7) is 1.20. The Kier molecular flexibility index (Phi) is 4.49. The summed E-state index contributed by atoms with van der Waals surface area (Å²) in [5, 5.41) is 19.1. The summed E-state index contributed by atoms with van der Waals surface area (Å²) in [4.78, 5) is 30.1. The molecule has 2 aliphatic rings. The van der Waals surface area contributed by atoms with E-state index in [0.29, 0.717) is 32.6 Å². The van der Waals surface area contributed by atoms with Gasteiger partial charge in [-0.1, -0.05) is 0 Å². The Labute approximate surface area is 139 Å². The van der Waals surface area contributed by atoms with Crippen LogP contribution in [0.3, 0.4) is 0 Å². The molecule has 0 unspecified atom stereocenters. The van der Waals surface area contributed by atoms with Crippen LogP contribution < -0.4 is 0 Å². The predicted molar refractivity (Wildman–Crippen MR) is 82.8 cm³/mol. The van der Waals surface area contributed by atoms with Gasteiger partial charge < -0.3 is 14.7 Å². The van der Waals surface area contributed by atoms with Gasteiger partial charge in [0.15, 0.2) is 0 Å². The number of pyridine rings is 1. The average molecular weight is 329 g/mol. The van der Waals surface area contributed by atoms with E-state index in [0.717, 1.165) is 5.56 Å². The third-order valence-electron chi connectivity index (χ3n) is 5.03. The molecule has 2 aliphatic heterocycles. The van der Waals surface area contributed by atoms with Gasteiger partial charge in [-0.25, -0.2) is 0 Å². The first-order chi connectivity index (χ1) is 11.6. The van der Waals surface area contributed by atoms with E-state index in [1.165, 1.54) is 0 Å². The molecule has 7 nitrogen and oxygen atoms in total. The maximum absolute atomic E-state index is 12.9. The normalized spacial score (nSPS) is 25.9. The highest BCUT2D eigenvalue weighted by molar-refractivity contribution is 5.87. The first-order valence-electron chi connectivity index (χ1n) is 7.98. The second kappa shape index (κ2) is 6.57. The van der Waals surface area contributed by atoms with Crippen molar-refractivity contribution >= 4 is 11.9 Å². The molecule has 0 radical (unpaired) electrons. The molecule has 1 amide bonds. The number of ether oxygens (including phenoxy) is 1. The lowest BCUT2D eigenvalue weighted by Crippen LogP contribution is -2.45. The second-order valence-corrected chi connectivity index (χ2v) is 6.35. The van der Waals surface area contributed by atoms with E-state index in [2.05, 4.69) is 11.1 Å². The Balaban J connectivity index is 1.84. The van der Waals surface area contributed by atoms with Crippen LogP contribution in [-0.2, 0) is 14.3 Å². The van der Waals surface area contributed by atoms with Crippen LogP contribution in [0.1, 0.15) is 24.3 Å². The summed E-state index contributed by atoms with van der Waals surface area (Å²) in [7, 11) is 0. The van der Waals surface area contributed by atoms with E-state index in [4.69, 9.17) is 4.74 Å². The number of likely N-dealkylation sites (tertiary alicyclic amines) is 1. The van der Waals surface area contributed by atoms with Gasteiger partial charge in [0.2, 0.25) is 5.91 Å². The van der Waals surface area contributed by atoms with E-state index in [1.54, 1.807) is 29.4 Å². The summed E-state index contributed by atoms with van der Waals surface area (Å²) in [5.74, 6) is -2.15. The quantitative estimate of drug-likeness (QED) is 0.888. The van der Waals surface area contributed by atoms with Crippen molar-refractivity contribution in [3.05, 3.63) is 30.1 Å². The Morgan fingerprint density at radius 2 is 1.96 bits per heavy atom. The molecule has 2 fully saturated rings. The number of nitrogens with zero attached hydrogens (tertiary/aromatic N) is 3. The highest BCUT2D eigenvalue weighted by Gasteiger charge is 2.48. The summed E-state index contributed by atoms with van der Waals surface area (Å²) in [6, 6.07) is 5.73. The highest BCUT2D eigenvalue weighted by Crippen LogP contribution is 2.38. The Morgan fingerprint density at radius 1 is 1.29 bits per heavy atom. The van der Waals surface area contributed by atoms with Gasteiger partial charge in [-0.2, -0.15) is 5.26 Å². The molecule has 0 saturated carbocycles. The van der Waals surface area contributed by atoms with E-state index in [-0.39, 0.29) is 18.4 Å². The third kappa shape index (κ3) is 2.85. The number of carboxylic acid groups (broad SMARTS) is 1. The standard InChI is InChI=1S/C17H19N3O4/c18-11-17(3-7-24-8-4-17)16(23)20-9-13(14(10-20)15(21)22)12-1-5-19-6-2-12/h1-2,5-6,13-14H,3-4,7-10H2,(H,21,22)/t13-,14+/m0/s1. The van der Waals surface area contributed by atoms with Crippen LogP contribution in [0.15, 0.2) is 24.5 Å². The molecule has 3 rings (SSSR count). The molecular weight excluding hydrogens is 310 g/mol. The smallest absolute Gasteiger partial charge is 0.308 e. The zero-order chi connectivity index (χ0) is 17.2.